The Kier molecular flexibility index (Phi) is 5.05. The molecule has 2 aliphatic rings. The van der Waals surface area contributed by atoms with E-state index >= 15 is 0 Å². The largest absolute Gasteiger partial charge is 0.465 e. The van der Waals surface area contributed by atoms with Crippen LogP contribution < -0.4 is 5.32 Å². The topological polar surface area (TPSA) is 93.1 Å². The third-order valence-corrected chi connectivity index (χ3v) is 3.97. The van der Waals surface area contributed by atoms with Gasteiger partial charge in [0.2, 0.25) is 11.9 Å². The fourth-order valence-electron chi connectivity index (χ4n) is 2.79. The quantitative estimate of drug-likeness (QED) is 0.624. The summed E-state index contributed by atoms with van der Waals surface area (Å²) in [6, 6.07) is 2.92. The minimum Gasteiger partial charge on any atom is -0.465 e. The standard InChI is InChI=1S/C16H20N4O4/c1-2-24-15(22)12-13(11-4-3-5-17-10-11)18-16(19-14(12)21)20-6-8-23-9-7-20/h3-5,10,12-13H,2,6-9H2,1H3,(H,18,19,21)/t12-,13-/m0/s1. The van der Waals surface area contributed by atoms with Gasteiger partial charge in [0.05, 0.1) is 19.8 Å². The first-order valence-electron chi connectivity index (χ1n) is 7.98. The van der Waals surface area contributed by atoms with E-state index in [4.69, 9.17) is 9.47 Å². The average molecular weight is 332 g/mol. The maximum Gasteiger partial charge on any atom is 0.321 e. The van der Waals surface area contributed by atoms with Crippen LogP contribution in [0.3, 0.4) is 0 Å². The fourth-order valence-corrected chi connectivity index (χ4v) is 2.79. The molecular formula is C16H20N4O4. The Bertz CT molecular complexity index is 628. The van der Waals surface area contributed by atoms with Gasteiger partial charge in [0.15, 0.2) is 5.92 Å². The number of morpholine rings is 1. The minimum atomic E-state index is -1.01. The van der Waals surface area contributed by atoms with Crippen molar-refractivity contribution in [1.82, 2.24) is 15.2 Å². The molecule has 1 aromatic rings. The van der Waals surface area contributed by atoms with Crippen molar-refractivity contribution in [3.05, 3.63) is 30.1 Å². The zero-order valence-corrected chi connectivity index (χ0v) is 13.5. The van der Waals surface area contributed by atoms with Crippen molar-refractivity contribution < 1.29 is 19.1 Å². The molecule has 8 heteroatoms. The second-order valence-electron chi connectivity index (χ2n) is 5.50. The van der Waals surface area contributed by atoms with E-state index in [1.807, 2.05) is 11.0 Å². The Morgan fingerprint density at radius 1 is 1.46 bits per heavy atom. The van der Waals surface area contributed by atoms with Crippen molar-refractivity contribution in [2.75, 3.05) is 32.9 Å². The van der Waals surface area contributed by atoms with E-state index in [2.05, 4.69) is 15.3 Å². The van der Waals surface area contributed by atoms with E-state index in [0.29, 0.717) is 37.8 Å². The molecule has 0 aliphatic carbocycles. The van der Waals surface area contributed by atoms with Crippen molar-refractivity contribution in [2.45, 2.75) is 13.0 Å². The van der Waals surface area contributed by atoms with Crippen LogP contribution in [0.5, 0.6) is 0 Å². The summed E-state index contributed by atoms with van der Waals surface area (Å²) in [5.41, 5.74) is 0.705. The van der Waals surface area contributed by atoms with Crippen molar-refractivity contribution in [3.63, 3.8) is 0 Å². The van der Waals surface area contributed by atoms with Crippen LogP contribution in [-0.4, -0.2) is 60.6 Å². The smallest absolute Gasteiger partial charge is 0.321 e. The van der Waals surface area contributed by atoms with Crippen molar-refractivity contribution in [1.29, 1.82) is 0 Å². The van der Waals surface area contributed by atoms with Gasteiger partial charge >= 0.3 is 5.97 Å². The van der Waals surface area contributed by atoms with Gasteiger partial charge in [-0.05, 0) is 18.6 Å². The first-order chi connectivity index (χ1) is 11.7. The number of rotatable bonds is 3. The van der Waals surface area contributed by atoms with Crippen LogP contribution in [0.2, 0.25) is 0 Å². The number of amides is 1. The van der Waals surface area contributed by atoms with Crippen LogP contribution in [0.25, 0.3) is 0 Å². The highest BCUT2D eigenvalue weighted by Crippen LogP contribution is 2.30. The third kappa shape index (κ3) is 3.38. The second kappa shape index (κ2) is 7.39. The summed E-state index contributed by atoms with van der Waals surface area (Å²) >= 11 is 0. The summed E-state index contributed by atoms with van der Waals surface area (Å²) in [6.07, 6.45) is 3.26. The van der Waals surface area contributed by atoms with Crippen molar-refractivity contribution >= 4 is 17.8 Å². The summed E-state index contributed by atoms with van der Waals surface area (Å²) in [4.78, 5) is 35.5. The van der Waals surface area contributed by atoms with Gasteiger partial charge in [0.25, 0.3) is 0 Å². The van der Waals surface area contributed by atoms with Gasteiger partial charge in [-0.2, -0.15) is 0 Å². The Hall–Kier alpha value is -2.48. The Morgan fingerprint density at radius 3 is 2.92 bits per heavy atom. The Labute approximate surface area is 139 Å². The van der Waals surface area contributed by atoms with Gasteiger partial charge in [-0.15, -0.1) is 0 Å². The lowest BCUT2D eigenvalue weighted by molar-refractivity contribution is -0.153. The number of nitrogens with one attached hydrogen (secondary N) is 1. The lowest BCUT2D eigenvalue weighted by Gasteiger charge is -2.35. The summed E-state index contributed by atoms with van der Waals surface area (Å²) < 4.78 is 10.4. The molecule has 1 amide bonds. The lowest BCUT2D eigenvalue weighted by Crippen LogP contribution is -2.55. The summed E-state index contributed by atoms with van der Waals surface area (Å²) in [5.74, 6) is -1.52. The SMILES string of the molecule is CCOC(=O)[C@@H]1C(=O)NC(N2CCOCC2)=N[C@H]1c1cccnc1. The van der Waals surface area contributed by atoms with Gasteiger partial charge < -0.3 is 14.4 Å². The average Bonchev–Trinajstić information content (AvgIpc) is 2.62. The number of hydrogen-bond donors (Lipinski definition) is 1. The molecule has 2 atom stereocenters. The highest BCUT2D eigenvalue weighted by molar-refractivity contribution is 6.08. The van der Waals surface area contributed by atoms with Crippen LogP contribution >= 0.6 is 0 Å². The van der Waals surface area contributed by atoms with E-state index in [9.17, 15) is 9.59 Å². The number of ether oxygens (including phenoxy) is 2. The molecule has 1 aromatic heterocycles. The number of guanidine groups is 1. The Morgan fingerprint density at radius 2 is 2.25 bits per heavy atom. The predicted molar refractivity (Wildman–Crippen MR) is 85.1 cm³/mol. The monoisotopic (exact) mass is 332 g/mol. The van der Waals surface area contributed by atoms with Gasteiger partial charge in [0.1, 0.15) is 6.04 Å². The maximum atomic E-state index is 12.6. The molecule has 0 unspecified atom stereocenters. The number of nitrogens with zero attached hydrogens (tertiary/aromatic N) is 3. The van der Waals surface area contributed by atoms with Crippen LogP contribution in [0, 0.1) is 5.92 Å². The summed E-state index contributed by atoms with van der Waals surface area (Å²) in [5, 5.41) is 2.74. The molecule has 3 heterocycles. The zero-order chi connectivity index (χ0) is 16.9. The number of pyridine rings is 1. The maximum absolute atomic E-state index is 12.6. The Balaban J connectivity index is 1.94. The number of aromatic nitrogens is 1. The molecule has 0 bridgehead atoms. The molecule has 0 saturated carbocycles. The van der Waals surface area contributed by atoms with Gasteiger partial charge in [-0.3, -0.25) is 19.9 Å². The zero-order valence-electron chi connectivity index (χ0n) is 13.5. The van der Waals surface area contributed by atoms with Crippen LogP contribution in [0.4, 0.5) is 0 Å². The molecule has 2 aliphatic heterocycles. The second-order valence-corrected chi connectivity index (χ2v) is 5.50. The van der Waals surface area contributed by atoms with E-state index in [0.717, 1.165) is 0 Å². The highest BCUT2D eigenvalue weighted by atomic mass is 16.5. The highest BCUT2D eigenvalue weighted by Gasteiger charge is 2.42. The van der Waals surface area contributed by atoms with Gasteiger partial charge in [-0.25, -0.2) is 4.99 Å². The fraction of sp³-hybridized carbons (Fsp3) is 0.500. The van der Waals surface area contributed by atoms with Gasteiger partial charge in [0, 0.05) is 25.5 Å². The number of hydrogen-bond acceptors (Lipinski definition) is 7. The first kappa shape index (κ1) is 16.4. The molecule has 24 heavy (non-hydrogen) atoms. The van der Waals surface area contributed by atoms with Crippen LogP contribution in [0.15, 0.2) is 29.5 Å². The van der Waals surface area contributed by atoms with Crippen LogP contribution in [-0.2, 0) is 19.1 Å². The van der Waals surface area contributed by atoms with E-state index in [1.165, 1.54) is 0 Å². The number of esters is 1. The number of carbonyl (C=O) groups is 2. The molecule has 1 fully saturated rings. The minimum absolute atomic E-state index is 0.211. The number of carbonyl (C=O) groups excluding carboxylic acids is 2. The molecule has 0 radical (unpaired) electrons. The van der Waals surface area contributed by atoms with Gasteiger partial charge in [-0.1, -0.05) is 6.07 Å². The molecule has 3 rings (SSSR count). The molecule has 0 spiro atoms. The normalized spacial score (nSPS) is 24.1. The molecule has 1 saturated heterocycles. The molecule has 8 nitrogen and oxygen atoms in total. The predicted octanol–water partition coefficient (Wildman–Crippen LogP) is 0.120. The molecule has 128 valence electrons. The van der Waals surface area contributed by atoms with Crippen molar-refractivity contribution in [3.8, 4) is 0 Å². The van der Waals surface area contributed by atoms with E-state index in [1.54, 1.807) is 25.4 Å². The number of aliphatic imine (C=N–C) groups is 1. The third-order valence-electron chi connectivity index (χ3n) is 3.97. The molecule has 0 aromatic carbocycles. The summed E-state index contributed by atoms with van der Waals surface area (Å²) in [7, 11) is 0. The first-order valence-corrected chi connectivity index (χ1v) is 7.98. The molecular weight excluding hydrogens is 312 g/mol. The van der Waals surface area contributed by atoms with E-state index in [-0.39, 0.29) is 6.61 Å². The van der Waals surface area contributed by atoms with E-state index < -0.39 is 23.8 Å². The van der Waals surface area contributed by atoms with Crippen molar-refractivity contribution in [2.24, 2.45) is 10.9 Å². The summed E-state index contributed by atoms with van der Waals surface area (Å²) in [6.45, 7) is 4.36. The van der Waals surface area contributed by atoms with Crippen LogP contribution in [0.1, 0.15) is 18.5 Å². The lowest BCUT2D eigenvalue weighted by atomic mass is 9.92. The molecule has 1 N–H and O–H groups in total.